The Balaban J connectivity index is 2.83. The van der Waals surface area contributed by atoms with E-state index in [-0.39, 0.29) is 0 Å². The normalized spacial score (nSPS) is 7.50. The van der Waals surface area contributed by atoms with Crippen LogP contribution in [0.5, 0.6) is 0 Å². The molecule has 5 heteroatoms. The molecule has 0 saturated heterocycles. The van der Waals surface area contributed by atoms with Gasteiger partial charge in [-0.25, -0.2) is 4.79 Å². The average Bonchev–Trinajstić information content (AvgIpc) is 1.35. The zero-order valence-corrected chi connectivity index (χ0v) is 3.53. The summed E-state index contributed by atoms with van der Waals surface area (Å²) in [4.78, 5) is 9.50. The Hall–Kier alpha value is -0.480. The molecule has 2 amide bonds. The summed E-state index contributed by atoms with van der Waals surface area (Å²) in [6.07, 6.45) is 0. The van der Waals surface area contributed by atoms with E-state index in [0.717, 1.165) is 0 Å². The summed E-state index contributed by atoms with van der Waals surface area (Å²) in [5.41, 5.74) is 6.06. The Morgan fingerprint density at radius 2 is 2.50 bits per heavy atom. The first kappa shape index (κ1) is 5.52. The minimum absolute atomic E-state index is 0.815. The maximum atomic E-state index is 9.50. The van der Waals surface area contributed by atoms with Gasteiger partial charge < -0.3 is 5.73 Å². The largest absolute Gasteiger partial charge is 0.350 e. The smallest absolute Gasteiger partial charge is 0.337 e. The van der Waals surface area contributed by atoms with Crippen LogP contribution >= 0.6 is 11.9 Å². The fraction of sp³-hybridized carbons (Fsp3) is 0. The van der Waals surface area contributed by atoms with Crippen molar-refractivity contribution >= 4 is 17.9 Å². The van der Waals surface area contributed by atoms with E-state index in [4.69, 9.17) is 0 Å². The summed E-state index contributed by atoms with van der Waals surface area (Å²) in [5, 5.41) is 0. The van der Waals surface area contributed by atoms with E-state index in [9.17, 15) is 4.79 Å². The van der Waals surface area contributed by atoms with Gasteiger partial charge in [0.25, 0.3) is 0 Å². The van der Waals surface area contributed by atoms with Gasteiger partial charge in [0.1, 0.15) is 0 Å². The number of hydrogen-bond acceptors (Lipinski definition) is 2. The van der Waals surface area contributed by atoms with Crippen LogP contribution in [0.15, 0.2) is 0 Å². The SMILES string of the molecule is NC(=O)NOCl. The summed E-state index contributed by atoms with van der Waals surface area (Å²) in [5.74, 6) is 0. The predicted octanol–water partition coefficient (Wildman–Crippen LogP) is -0.260. The van der Waals surface area contributed by atoms with Gasteiger partial charge in [0.15, 0.2) is 0 Å². The number of amides is 2. The average molecular weight is 110 g/mol. The molecule has 0 aromatic heterocycles. The first-order valence-corrected chi connectivity index (χ1v) is 1.41. The molecule has 6 heavy (non-hydrogen) atoms. The van der Waals surface area contributed by atoms with Gasteiger partial charge in [-0.3, -0.25) is 0 Å². The number of hydrogen-bond donors (Lipinski definition) is 2. The van der Waals surface area contributed by atoms with Crippen molar-refractivity contribution in [2.24, 2.45) is 5.73 Å². The van der Waals surface area contributed by atoms with E-state index >= 15 is 0 Å². The van der Waals surface area contributed by atoms with Crippen molar-refractivity contribution in [1.29, 1.82) is 0 Å². The molecule has 0 atom stereocenters. The summed E-state index contributed by atoms with van der Waals surface area (Å²) >= 11 is 4.48. The Morgan fingerprint density at radius 3 is 2.50 bits per heavy atom. The van der Waals surface area contributed by atoms with Crippen LogP contribution in [0.1, 0.15) is 0 Å². The van der Waals surface area contributed by atoms with E-state index in [0.29, 0.717) is 0 Å². The number of nitrogens with two attached hydrogens (primary N) is 1. The highest BCUT2D eigenvalue weighted by Crippen LogP contribution is 1.65. The molecule has 0 radical (unpaired) electrons. The molecule has 36 valence electrons. The molecule has 0 fully saturated rings. The van der Waals surface area contributed by atoms with Crippen LogP contribution in [-0.4, -0.2) is 6.03 Å². The van der Waals surface area contributed by atoms with E-state index in [1.807, 2.05) is 0 Å². The van der Waals surface area contributed by atoms with Gasteiger partial charge in [-0.05, 0) is 0 Å². The standard InChI is InChI=1S/CH3ClN2O2/c2-6-4-1(3)5/h(H3,3,4,5). The first-order chi connectivity index (χ1) is 2.77. The molecule has 0 aliphatic rings. The molecule has 0 aliphatic heterocycles. The number of primary amides is 1. The Bertz CT molecular complexity index is 55.5. The van der Waals surface area contributed by atoms with Gasteiger partial charge in [0.2, 0.25) is 0 Å². The molecule has 3 N–H and O–H groups in total. The summed E-state index contributed by atoms with van der Waals surface area (Å²) in [6.45, 7) is 0. The number of halogens is 1. The molecule has 0 heterocycles. The highest BCUT2D eigenvalue weighted by Gasteiger charge is 1.82. The van der Waals surface area contributed by atoms with Crippen molar-refractivity contribution in [3.05, 3.63) is 0 Å². The van der Waals surface area contributed by atoms with Crippen molar-refractivity contribution in [3.8, 4) is 0 Å². The predicted molar refractivity (Wildman–Crippen MR) is 19.7 cm³/mol. The second kappa shape index (κ2) is 2.74. The third-order valence-corrected chi connectivity index (χ3v) is 0.216. The van der Waals surface area contributed by atoms with Crippen LogP contribution < -0.4 is 11.2 Å². The van der Waals surface area contributed by atoms with Crippen molar-refractivity contribution in [2.75, 3.05) is 0 Å². The van der Waals surface area contributed by atoms with Crippen LogP contribution in [0, 0.1) is 0 Å². The zero-order chi connectivity index (χ0) is 4.99. The van der Waals surface area contributed by atoms with Crippen molar-refractivity contribution in [3.63, 3.8) is 0 Å². The molecular formula is CH3ClN2O2. The maximum absolute atomic E-state index is 9.50. The third kappa shape index (κ3) is 3.52. The molecular weight excluding hydrogens is 107 g/mol. The Kier molecular flexibility index (Phi) is 2.52. The van der Waals surface area contributed by atoms with Gasteiger partial charge >= 0.3 is 6.03 Å². The summed E-state index contributed by atoms with van der Waals surface area (Å²) in [6, 6.07) is -0.815. The minimum Gasteiger partial charge on any atom is -0.350 e. The quantitative estimate of drug-likeness (QED) is 0.457. The Morgan fingerprint density at radius 1 is 2.00 bits per heavy atom. The van der Waals surface area contributed by atoms with Gasteiger partial charge in [0.05, 0.1) is 11.9 Å². The van der Waals surface area contributed by atoms with Crippen LogP contribution in [0.25, 0.3) is 0 Å². The fourth-order valence-electron chi connectivity index (χ4n) is 0.0380. The molecule has 0 spiro atoms. The number of nitrogens with one attached hydrogen (secondary N) is 1. The van der Waals surface area contributed by atoms with Gasteiger partial charge in [0, 0.05) is 0 Å². The monoisotopic (exact) mass is 110 g/mol. The number of carbonyl (C=O) groups excluding carboxylic acids is 1. The number of rotatable bonds is 1. The minimum atomic E-state index is -0.815. The van der Waals surface area contributed by atoms with Crippen LogP contribution in [0.2, 0.25) is 0 Å². The van der Waals surface area contributed by atoms with E-state index in [1.165, 1.54) is 0 Å². The van der Waals surface area contributed by atoms with Crippen LogP contribution in [0.4, 0.5) is 4.79 Å². The lowest BCUT2D eigenvalue weighted by Gasteiger charge is -1.86. The second-order valence-electron chi connectivity index (χ2n) is 0.543. The third-order valence-electron chi connectivity index (χ3n) is 0.139. The van der Waals surface area contributed by atoms with Gasteiger partial charge in [-0.1, -0.05) is 0 Å². The first-order valence-electron chi connectivity index (χ1n) is 1.10. The zero-order valence-electron chi connectivity index (χ0n) is 2.77. The van der Waals surface area contributed by atoms with Crippen molar-refractivity contribution < 1.29 is 9.18 Å². The molecule has 0 rings (SSSR count). The lowest BCUT2D eigenvalue weighted by molar-refractivity contribution is 0.196. The topological polar surface area (TPSA) is 64.4 Å². The highest BCUT2D eigenvalue weighted by molar-refractivity contribution is 6.07. The lowest BCUT2D eigenvalue weighted by Crippen LogP contribution is -2.26. The molecule has 0 bridgehead atoms. The number of carbonyl (C=O) groups is 1. The van der Waals surface area contributed by atoms with Gasteiger partial charge in [-0.15, -0.1) is 0 Å². The molecule has 0 aromatic rings. The highest BCUT2D eigenvalue weighted by atomic mass is 35.5. The van der Waals surface area contributed by atoms with Crippen molar-refractivity contribution in [2.45, 2.75) is 0 Å². The fourth-order valence-corrected chi connectivity index (χ4v) is 0.114. The van der Waals surface area contributed by atoms with Crippen molar-refractivity contribution in [1.82, 2.24) is 5.48 Å². The molecule has 0 aliphatic carbocycles. The second-order valence-corrected chi connectivity index (χ2v) is 0.698. The summed E-state index contributed by atoms with van der Waals surface area (Å²) in [7, 11) is 0. The summed E-state index contributed by atoms with van der Waals surface area (Å²) < 4.78 is 3.55. The number of urea groups is 1. The van der Waals surface area contributed by atoms with Gasteiger partial charge in [-0.2, -0.15) is 9.87 Å². The van der Waals surface area contributed by atoms with Crippen LogP contribution in [-0.2, 0) is 4.39 Å². The molecule has 0 aromatic carbocycles. The Labute approximate surface area is 39.3 Å². The number of hydroxylamine groups is 1. The molecule has 0 saturated carbocycles. The molecule has 0 unspecified atom stereocenters. The molecule has 4 nitrogen and oxygen atoms in total. The lowest BCUT2D eigenvalue weighted by atomic mass is 11.2. The van der Waals surface area contributed by atoms with E-state index in [1.54, 1.807) is 5.48 Å². The van der Waals surface area contributed by atoms with Crippen LogP contribution in [0.3, 0.4) is 0 Å². The maximum Gasteiger partial charge on any atom is 0.337 e. The van der Waals surface area contributed by atoms with E-state index < -0.39 is 6.03 Å². The van der Waals surface area contributed by atoms with E-state index in [2.05, 4.69) is 22.0 Å².